The van der Waals surface area contributed by atoms with Crippen molar-refractivity contribution in [2.24, 2.45) is 0 Å². The van der Waals surface area contributed by atoms with E-state index in [-0.39, 0.29) is 16.6 Å². The number of benzene rings is 1. The van der Waals surface area contributed by atoms with Crippen LogP contribution in [-0.2, 0) is 0 Å². The number of amides is 1. The molecule has 9 heteroatoms. The molecule has 0 bridgehead atoms. The molecule has 1 amide bonds. The monoisotopic (exact) mass is 306 g/mol. The zero-order chi connectivity index (χ0) is 15.2. The molecule has 1 aromatic heterocycles. The highest BCUT2D eigenvalue weighted by atomic mass is 32.1. The van der Waals surface area contributed by atoms with Gasteiger partial charge in [0.1, 0.15) is 0 Å². The summed E-state index contributed by atoms with van der Waals surface area (Å²) >= 11 is 4.92. The van der Waals surface area contributed by atoms with E-state index in [1.165, 1.54) is 36.6 Å². The third-order valence-electron chi connectivity index (χ3n) is 2.37. The van der Waals surface area contributed by atoms with Gasteiger partial charge in [0, 0.05) is 12.1 Å². The maximum Gasteiger partial charge on any atom is 0.293 e. The molecule has 8 nitrogen and oxygen atoms in total. The molecule has 1 heterocycles. The third kappa shape index (κ3) is 4.01. The van der Waals surface area contributed by atoms with Crippen molar-refractivity contribution in [3.63, 3.8) is 0 Å². The Bertz CT molecular complexity index is 654. The fourth-order valence-corrected chi connectivity index (χ4v) is 1.54. The Morgan fingerprint density at radius 3 is 2.52 bits per heavy atom. The van der Waals surface area contributed by atoms with Gasteiger partial charge in [0.05, 0.1) is 16.9 Å². The van der Waals surface area contributed by atoms with E-state index >= 15 is 0 Å². The number of nitrogens with one attached hydrogen (secondary N) is 3. The highest BCUT2D eigenvalue weighted by Crippen LogP contribution is 2.14. The minimum Gasteiger partial charge on any atom is -0.459 e. The van der Waals surface area contributed by atoms with E-state index in [0.29, 0.717) is 5.69 Å². The molecule has 0 saturated heterocycles. The summed E-state index contributed by atoms with van der Waals surface area (Å²) in [6, 6.07) is 8.77. The summed E-state index contributed by atoms with van der Waals surface area (Å²) in [5.74, 6) is -0.350. The van der Waals surface area contributed by atoms with E-state index in [9.17, 15) is 14.9 Å². The lowest BCUT2D eigenvalue weighted by Crippen LogP contribution is -2.41. The van der Waals surface area contributed by atoms with Crippen molar-refractivity contribution in [3.8, 4) is 0 Å². The minimum atomic E-state index is -0.495. The van der Waals surface area contributed by atoms with E-state index in [2.05, 4.69) is 16.2 Å². The van der Waals surface area contributed by atoms with E-state index in [1.54, 1.807) is 6.07 Å². The molecule has 0 radical (unpaired) electrons. The van der Waals surface area contributed by atoms with Crippen LogP contribution in [0.15, 0.2) is 47.1 Å². The molecular weight excluding hydrogens is 296 g/mol. The Kier molecular flexibility index (Phi) is 4.46. The first-order chi connectivity index (χ1) is 10.1. The number of nitrogens with zero attached hydrogens (tertiary/aromatic N) is 1. The molecule has 0 aliphatic heterocycles. The summed E-state index contributed by atoms with van der Waals surface area (Å²) in [5.41, 5.74) is 5.81. The van der Waals surface area contributed by atoms with Gasteiger partial charge in [-0.25, -0.2) is 0 Å². The molecule has 0 fully saturated rings. The standard InChI is InChI=1S/C12H10N4O4S/c17-11(10-2-1-7-20-10)13-12(21)15-14-8-3-5-9(6-4-8)16(18)19/h1-7,14H,(H2,13,15,17,21). The smallest absolute Gasteiger partial charge is 0.293 e. The number of hydrazine groups is 1. The first-order valence-corrected chi connectivity index (χ1v) is 6.12. The van der Waals surface area contributed by atoms with E-state index in [0.717, 1.165) is 0 Å². The van der Waals surface area contributed by atoms with Crippen molar-refractivity contribution < 1.29 is 14.1 Å². The topological polar surface area (TPSA) is 109 Å². The van der Waals surface area contributed by atoms with Gasteiger partial charge in [0.25, 0.3) is 11.6 Å². The number of anilines is 1. The van der Waals surface area contributed by atoms with E-state index < -0.39 is 10.8 Å². The average molecular weight is 306 g/mol. The van der Waals surface area contributed by atoms with Crippen molar-refractivity contribution in [3.05, 3.63) is 58.5 Å². The normalized spacial score (nSPS) is 9.71. The first kappa shape index (κ1) is 14.5. The Labute approximate surface area is 124 Å². The van der Waals surface area contributed by atoms with Crippen LogP contribution in [0.25, 0.3) is 0 Å². The van der Waals surface area contributed by atoms with Crippen LogP contribution in [0.2, 0.25) is 0 Å². The molecule has 21 heavy (non-hydrogen) atoms. The highest BCUT2D eigenvalue weighted by molar-refractivity contribution is 7.80. The van der Waals surface area contributed by atoms with Gasteiger partial charge in [-0.2, -0.15) is 0 Å². The van der Waals surface area contributed by atoms with Crippen LogP contribution >= 0.6 is 12.2 Å². The summed E-state index contributed by atoms with van der Waals surface area (Å²) in [7, 11) is 0. The van der Waals surface area contributed by atoms with Gasteiger partial charge in [-0.15, -0.1) is 0 Å². The lowest BCUT2D eigenvalue weighted by Gasteiger charge is -2.10. The molecule has 108 valence electrons. The predicted molar refractivity (Wildman–Crippen MR) is 78.6 cm³/mol. The van der Waals surface area contributed by atoms with Crippen LogP contribution in [0.1, 0.15) is 10.6 Å². The second kappa shape index (κ2) is 6.48. The quantitative estimate of drug-likeness (QED) is 0.449. The zero-order valence-electron chi connectivity index (χ0n) is 10.5. The molecule has 0 atom stereocenters. The number of rotatable bonds is 4. The van der Waals surface area contributed by atoms with E-state index in [4.69, 9.17) is 16.6 Å². The van der Waals surface area contributed by atoms with E-state index in [1.807, 2.05) is 0 Å². The Balaban J connectivity index is 1.83. The fraction of sp³-hybridized carbons (Fsp3) is 0. The molecule has 0 spiro atoms. The highest BCUT2D eigenvalue weighted by Gasteiger charge is 2.10. The van der Waals surface area contributed by atoms with Gasteiger partial charge in [0.2, 0.25) is 0 Å². The molecule has 0 unspecified atom stereocenters. The summed E-state index contributed by atoms with van der Waals surface area (Å²) in [4.78, 5) is 21.6. The molecule has 2 aromatic rings. The molecule has 2 rings (SSSR count). The van der Waals surface area contributed by atoms with Crippen LogP contribution in [0.3, 0.4) is 0 Å². The zero-order valence-corrected chi connectivity index (χ0v) is 11.3. The summed E-state index contributed by atoms with van der Waals surface area (Å²) in [5, 5.41) is 12.9. The lowest BCUT2D eigenvalue weighted by atomic mass is 10.3. The number of furan rings is 1. The largest absolute Gasteiger partial charge is 0.459 e. The number of thiocarbonyl (C=S) groups is 1. The van der Waals surface area contributed by atoms with Gasteiger partial charge in [0.15, 0.2) is 10.9 Å². The molecule has 0 saturated carbocycles. The SMILES string of the molecule is O=C(NC(=S)NNc1ccc([N+](=O)[O-])cc1)c1ccco1. The maximum atomic E-state index is 11.6. The molecular formula is C12H10N4O4S. The van der Waals surface area contributed by atoms with Gasteiger partial charge < -0.3 is 4.42 Å². The minimum absolute atomic E-state index is 0.0192. The molecule has 0 aliphatic rings. The summed E-state index contributed by atoms with van der Waals surface area (Å²) in [6.07, 6.45) is 1.38. The second-order valence-electron chi connectivity index (χ2n) is 3.81. The summed E-state index contributed by atoms with van der Waals surface area (Å²) in [6.45, 7) is 0. The Morgan fingerprint density at radius 2 is 1.95 bits per heavy atom. The number of hydrogen-bond donors (Lipinski definition) is 3. The average Bonchev–Trinajstić information content (AvgIpc) is 3.00. The fourth-order valence-electron chi connectivity index (χ4n) is 1.40. The molecule has 3 N–H and O–H groups in total. The van der Waals surface area contributed by atoms with Crippen LogP contribution in [0.5, 0.6) is 0 Å². The molecule has 1 aromatic carbocycles. The predicted octanol–water partition coefficient (Wildman–Crippen LogP) is 1.82. The van der Waals surface area contributed by atoms with Crippen molar-refractivity contribution in [1.82, 2.24) is 10.7 Å². The number of carbonyl (C=O) groups excluding carboxylic acids is 1. The van der Waals surface area contributed by atoms with Crippen molar-refractivity contribution in [1.29, 1.82) is 0 Å². The Hall–Kier alpha value is -2.94. The van der Waals surface area contributed by atoms with Crippen molar-refractivity contribution in [2.75, 3.05) is 5.43 Å². The van der Waals surface area contributed by atoms with Crippen LogP contribution in [0.4, 0.5) is 11.4 Å². The van der Waals surface area contributed by atoms with Gasteiger partial charge in [-0.05, 0) is 36.5 Å². The van der Waals surface area contributed by atoms with Gasteiger partial charge in [-0.1, -0.05) is 0 Å². The number of hydrogen-bond acceptors (Lipinski definition) is 6. The molecule has 0 aliphatic carbocycles. The third-order valence-corrected chi connectivity index (χ3v) is 2.57. The van der Waals surface area contributed by atoms with Gasteiger partial charge in [-0.3, -0.25) is 31.1 Å². The summed E-state index contributed by atoms with van der Waals surface area (Å²) < 4.78 is 4.91. The van der Waals surface area contributed by atoms with Crippen LogP contribution < -0.4 is 16.2 Å². The Morgan fingerprint density at radius 1 is 1.24 bits per heavy atom. The van der Waals surface area contributed by atoms with Crippen LogP contribution in [-0.4, -0.2) is 15.9 Å². The lowest BCUT2D eigenvalue weighted by molar-refractivity contribution is -0.384. The number of nitro groups is 1. The number of carbonyl (C=O) groups is 1. The first-order valence-electron chi connectivity index (χ1n) is 5.71. The number of non-ortho nitro benzene ring substituents is 1. The van der Waals surface area contributed by atoms with Crippen molar-refractivity contribution in [2.45, 2.75) is 0 Å². The second-order valence-corrected chi connectivity index (χ2v) is 4.22. The maximum absolute atomic E-state index is 11.6. The van der Waals surface area contributed by atoms with Gasteiger partial charge >= 0.3 is 0 Å². The van der Waals surface area contributed by atoms with Crippen LogP contribution in [0, 0.1) is 10.1 Å². The number of nitro benzene ring substituents is 1. The van der Waals surface area contributed by atoms with Crippen molar-refractivity contribution >= 4 is 34.6 Å².